The molecule has 5 aliphatic rings. The number of benzene rings is 2. The minimum absolute atomic E-state index is 0.0392. The third-order valence-corrected chi connectivity index (χ3v) is 13.8. The Morgan fingerprint density at radius 1 is 0.479 bits per heavy atom. The highest BCUT2D eigenvalue weighted by Gasteiger charge is 2.63. The summed E-state index contributed by atoms with van der Waals surface area (Å²) in [6.07, 6.45) is 26.6. The number of ether oxygens (including phenoxy) is 2. The van der Waals surface area contributed by atoms with Crippen molar-refractivity contribution in [1.82, 2.24) is 0 Å². The van der Waals surface area contributed by atoms with Crippen LogP contribution in [0.15, 0.2) is 48.5 Å². The van der Waals surface area contributed by atoms with Crippen LogP contribution >= 0.6 is 0 Å². The molecule has 5 fully saturated rings. The van der Waals surface area contributed by atoms with Crippen molar-refractivity contribution >= 4 is 11.9 Å². The van der Waals surface area contributed by atoms with Gasteiger partial charge in [-0.15, -0.1) is 0 Å². The van der Waals surface area contributed by atoms with E-state index in [-0.39, 0.29) is 23.8 Å². The van der Waals surface area contributed by atoms with Crippen LogP contribution in [0.3, 0.4) is 0 Å². The van der Waals surface area contributed by atoms with Crippen LogP contribution in [0.1, 0.15) is 177 Å². The molecule has 0 bridgehead atoms. The first-order chi connectivity index (χ1) is 23.6. The molecule has 260 valence electrons. The van der Waals surface area contributed by atoms with E-state index in [0.29, 0.717) is 11.8 Å². The quantitative estimate of drug-likeness (QED) is 0.210. The molecule has 48 heavy (non-hydrogen) atoms. The fourth-order valence-corrected chi connectivity index (χ4v) is 11.4. The van der Waals surface area contributed by atoms with Crippen molar-refractivity contribution in [3.05, 3.63) is 59.7 Å². The zero-order valence-corrected chi connectivity index (χ0v) is 29.5. The zero-order chi connectivity index (χ0) is 32.8. The number of hydrogen-bond acceptors (Lipinski definition) is 4. The summed E-state index contributed by atoms with van der Waals surface area (Å²) < 4.78 is 13.4. The van der Waals surface area contributed by atoms with E-state index in [2.05, 4.69) is 24.3 Å². The number of carbonyl (C=O) groups is 2. The largest absolute Gasteiger partial charge is 0.426 e. The summed E-state index contributed by atoms with van der Waals surface area (Å²) >= 11 is 0. The third kappa shape index (κ3) is 6.76. The van der Waals surface area contributed by atoms with Gasteiger partial charge in [0.25, 0.3) is 0 Å². The van der Waals surface area contributed by atoms with Crippen LogP contribution in [-0.4, -0.2) is 11.9 Å². The summed E-state index contributed by atoms with van der Waals surface area (Å²) in [5.41, 5.74) is 1.11. The van der Waals surface area contributed by atoms with Gasteiger partial charge >= 0.3 is 11.9 Å². The van der Waals surface area contributed by atoms with E-state index in [1.165, 1.54) is 81.8 Å². The molecule has 4 nitrogen and oxygen atoms in total. The van der Waals surface area contributed by atoms with E-state index in [4.69, 9.17) is 9.47 Å². The molecule has 0 aliphatic heterocycles. The van der Waals surface area contributed by atoms with Crippen LogP contribution in [0.25, 0.3) is 0 Å². The molecule has 0 spiro atoms. The number of hydrogen-bond donors (Lipinski definition) is 0. The maximum Gasteiger partial charge on any atom is 0.318 e. The van der Waals surface area contributed by atoms with Gasteiger partial charge in [0, 0.05) is 0 Å². The Bertz CT molecular complexity index is 1370. The zero-order valence-electron chi connectivity index (χ0n) is 29.5. The SMILES string of the molecule is O=C(Oc1ccccc1C1CCCCC1)C1(C2CCCCC2(C(=O)Oc2ccccc2C2CCCCC2)C2CCCCC2)CCCCC1. The van der Waals surface area contributed by atoms with Crippen molar-refractivity contribution in [3.63, 3.8) is 0 Å². The van der Waals surface area contributed by atoms with Gasteiger partial charge in [-0.2, -0.15) is 0 Å². The molecule has 0 aromatic heterocycles. The van der Waals surface area contributed by atoms with E-state index >= 15 is 9.59 Å². The molecule has 2 aromatic rings. The van der Waals surface area contributed by atoms with E-state index in [1.54, 1.807) is 0 Å². The lowest BCUT2D eigenvalue weighted by Crippen LogP contribution is -2.58. The Labute approximate surface area is 290 Å². The van der Waals surface area contributed by atoms with Crippen molar-refractivity contribution in [3.8, 4) is 11.5 Å². The first kappa shape index (κ1) is 33.9. The summed E-state index contributed by atoms with van der Waals surface area (Å²) in [6.45, 7) is 0. The molecule has 2 aromatic carbocycles. The topological polar surface area (TPSA) is 52.6 Å². The van der Waals surface area contributed by atoms with Gasteiger partial charge in [0.1, 0.15) is 11.5 Å². The van der Waals surface area contributed by atoms with Crippen molar-refractivity contribution < 1.29 is 19.1 Å². The molecule has 0 radical (unpaired) electrons. The molecule has 0 amide bonds. The van der Waals surface area contributed by atoms with Crippen LogP contribution in [0.2, 0.25) is 0 Å². The molecular weight excluding hydrogens is 592 g/mol. The van der Waals surface area contributed by atoms with Crippen molar-refractivity contribution in [2.24, 2.45) is 22.7 Å². The average Bonchev–Trinajstić information content (AvgIpc) is 3.16. The van der Waals surface area contributed by atoms with Gasteiger partial charge in [-0.25, -0.2) is 0 Å². The highest BCUT2D eigenvalue weighted by atomic mass is 16.5. The summed E-state index contributed by atoms with van der Waals surface area (Å²) in [5.74, 6) is 2.56. The van der Waals surface area contributed by atoms with Gasteiger partial charge in [-0.3, -0.25) is 9.59 Å². The highest BCUT2D eigenvalue weighted by molar-refractivity contribution is 5.85. The third-order valence-electron chi connectivity index (χ3n) is 13.8. The van der Waals surface area contributed by atoms with Crippen molar-refractivity contribution in [2.75, 3.05) is 0 Å². The molecular formula is C44H60O4. The van der Waals surface area contributed by atoms with E-state index in [0.717, 1.165) is 95.0 Å². The van der Waals surface area contributed by atoms with Crippen LogP contribution < -0.4 is 9.47 Å². The van der Waals surface area contributed by atoms with Gasteiger partial charge in [-0.1, -0.05) is 126 Å². The van der Waals surface area contributed by atoms with Crippen molar-refractivity contribution in [1.29, 1.82) is 0 Å². The maximum atomic E-state index is 15.3. The van der Waals surface area contributed by atoms with E-state index in [9.17, 15) is 0 Å². The second-order valence-electron chi connectivity index (χ2n) is 16.4. The van der Waals surface area contributed by atoms with E-state index in [1.807, 2.05) is 24.3 Å². The Morgan fingerprint density at radius 2 is 0.917 bits per heavy atom. The Balaban J connectivity index is 1.25. The summed E-state index contributed by atoms with van der Waals surface area (Å²) in [6, 6.07) is 16.7. The monoisotopic (exact) mass is 652 g/mol. The van der Waals surface area contributed by atoms with Gasteiger partial charge in [0.2, 0.25) is 0 Å². The van der Waals surface area contributed by atoms with Gasteiger partial charge in [0.15, 0.2) is 0 Å². The Kier molecular flexibility index (Phi) is 10.9. The smallest absolute Gasteiger partial charge is 0.318 e. The summed E-state index contributed by atoms with van der Waals surface area (Å²) in [5, 5.41) is 0. The van der Waals surface area contributed by atoms with E-state index < -0.39 is 10.8 Å². The predicted molar refractivity (Wildman–Crippen MR) is 192 cm³/mol. The second-order valence-corrected chi connectivity index (χ2v) is 16.4. The number of esters is 2. The Morgan fingerprint density at radius 3 is 1.48 bits per heavy atom. The maximum absolute atomic E-state index is 15.3. The van der Waals surface area contributed by atoms with Gasteiger partial charge in [0.05, 0.1) is 10.8 Å². The van der Waals surface area contributed by atoms with Crippen LogP contribution in [0.5, 0.6) is 11.5 Å². The van der Waals surface area contributed by atoms with Gasteiger partial charge < -0.3 is 9.47 Å². The highest BCUT2D eigenvalue weighted by Crippen LogP contribution is 2.62. The molecule has 0 heterocycles. The lowest BCUT2D eigenvalue weighted by Gasteiger charge is -2.55. The summed E-state index contributed by atoms with van der Waals surface area (Å²) in [4.78, 5) is 30.3. The number of para-hydroxylation sites is 2. The minimum atomic E-state index is -0.655. The normalized spacial score (nSPS) is 27.6. The fraction of sp³-hybridized carbons (Fsp3) is 0.682. The minimum Gasteiger partial charge on any atom is -0.426 e. The summed E-state index contributed by atoms with van der Waals surface area (Å²) in [7, 11) is 0. The lowest BCUT2D eigenvalue weighted by molar-refractivity contribution is -0.178. The van der Waals surface area contributed by atoms with Crippen LogP contribution in [-0.2, 0) is 9.59 Å². The van der Waals surface area contributed by atoms with Crippen LogP contribution in [0.4, 0.5) is 0 Å². The molecule has 2 atom stereocenters. The van der Waals surface area contributed by atoms with Crippen LogP contribution in [0, 0.1) is 22.7 Å². The molecule has 0 saturated heterocycles. The molecule has 5 aliphatic carbocycles. The molecule has 5 saturated carbocycles. The first-order valence-electron chi connectivity index (χ1n) is 20.2. The standard InChI is InChI=1S/C44H60O4/c45-41(47-38-27-13-11-25-36(38)33-19-5-1-6-20-33)43(30-16-4-17-31-43)40-29-15-18-32-44(40,35-23-9-3-10-24-35)42(46)48-39-28-14-12-26-37(39)34-21-7-2-8-22-34/h11-14,25-28,33-35,40H,1-10,15-24,29-32H2. The second kappa shape index (κ2) is 15.5. The fourth-order valence-electron chi connectivity index (χ4n) is 11.4. The average molecular weight is 653 g/mol. The molecule has 0 N–H and O–H groups in total. The molecule has 2 unspecified atom stereocenters. The lowest BCUT2D eigenvalue weighted by atomic mass is 9.47. The number of carbonyl (C=O) groups excluding carboxylic acids is 2. The predicted octanol–water partition coefficient (Wildman–Crippen LogP) is 12.0. The molecule has 7 rings (SSSR count). The van der Waals surface area contributed by atoms with Crippen molar-refractivity contribution in [2.45, 2.75) is 166 Å². The number of rotatable bonds is 8. The first-order valence-corrected chi connectivity index (χ1v) is 20.2. The molecule has 4 heteroatoms. The van der Waals surface area contributed by atoms with Gasteiger partial charge in [-0.05, 0) is 111 Å². The Hall–Kier alpha value is -2.62.